The molecular weight excluding hydrogens is 460 g/mol. The number of carbonyl (C=O) groups excluding carboxylic acids is 1. The zero-order valence-electron chi connectivity index (χ0n) is 21.6. The average Bonchev–Trinajstić information content (AvgIpc) is 2.76. The van der Waals surface area contributed by atoms with Crippen LogP contribution < -0.4 is 15.1 Å². The summed E-state index contributed by atoms with van der Waals surface area (Å²) in [6, 6.07) is 11.3. The fraction of sp³-hybridized carbons (Fsp3) is 0.407. The van der Waals surface area contributed by atoms with Gasteiger partial charge in [-0.2, -0.15) is 0 Å². The van der Waals surface area contributed by atoms with Gasteiger partial charge in [0.2, 0.25) is 11.1 Å². The largest absolute Gasteiger partial charge is 0.507 e. The number of phenols is 1. The van der Waals surface area contributed by atoms with E-state index in [9.17, 15) is 14.7 Å². The molecule has 0 spiro atoms. The molecule has 0 fully saturated rings. The van der Waals surface area contributed by atoms with Gasteiger partial charge in [0.25, 0.3) is 6.17 Å². The van der Waals surface area contributed by atoms with Crippen LogP contribution in [0.1, 0.15) is 71.3 Å². The Morgan fingerprint density at radius 3 is 2.17 bits per heavy atom. The molecular formula is C27H33N4O3S+. The molecule has 1 atom stereocenters. The number of rotatable bonds is 2. The van der Waals surface area contributed by atoms with Gasteiger partial charge in [0, 0.05) is 28.7 Å². The number of nitrogens with one attached hydrogen (secondary N) is 1. The summed E-state index contributed by atoms with van der Waals surface area (Å²) in [5, 5.41) is 16.5. The molecule has 0 aliphatic carbocycles. The summed E-state index contributed by atoms with van der Waals surface area (Å²) in [5.41, 5.74) is 3.04. The topological polar surface area (TPSA) is 90.2 Å². The van der Waals surface area contributed by atoms with E-state index < -0.39 is 6.17 Å². The molecule has 1 aliphatic heterocycles. The Hall–Kier alpha value is -3.13. The highest BCUT2D eigenvalue weighted by atomic mass is 32.2. The molecule has 1 aliphatic rings. The first-order valence-corrected chi connectivity index (χ1v) is 12.9. The highest BCUT2D eigenvalue weighted by Gasteiger charge is 2.45. The van der Waals surface area contributed by atoms with Crippen LogP contribution in [0.5, 0.6) is 5.75 Å². The minimum atomic E-state index is -0.701. The van der Waals surface area contributed by atoms with E-state index in [1.807, 2.05) is 84.2 Å². The molecule has 0 radical (unpaired) electrons. The van der Waals surface area contributed by atoms with Gasteiger partial charge in [-0.25, -0.2) is 4.90 Å². The summed E-state index contributed by atoms with van der Waals surface area (Å²) in [6.07, 6.45) is 1.14. The Labute approximate surface area is 210 Å². The quantitative estimate of drug-likeness (QED) is 0.400. The molecule has 0 bridgehead atoms. The first kappa shape index (κ1) is 25.0. The lowest BCUT2D eigenvalue weighted by atomic mass is 9.78. The van der Waals surface area contributed by atoms with E-state index in [1.54, 1.807) is 9.58 Å². The number of phenolic OH excluding ortho intramolecular Hbond substituents is 1. The monoisotopic (exact) mass is 493 g/mol. The van der Waals surface area contributed by atoms with Crippen molar-refractivity contribution in [3.63, 3.8) is 0 Å². The van der Waals surface area contributed by atoms with Crippen LogP contribution in [0, 0.1) is 0 Å². The van der Waals surface area contributed by atoms with Gasteiger partial charge in [0.15, 0.2) is 0 Å². The highest BCUT2D eigenvalue weighted by molar-refractivity contribution is 7.98. The van der Waals surface area contributed by atoms with Gasteiger partial charge in [-0.15, -0.1) is 0 Å². The van der Waals surface area contributed by atoms with Crippen molar-refractivity contribution in [2.75, 3.05) is 11.2 Å². The lowest BCUT2D eigenvalue weighted by Crippen LogP contribution is -2.60. The molecule has 1 amide bonds. The molecule has 1 aromatic heterocycles. The number of benzene rings is 2. The average molecular weight is 494 g/mol. The van der Waals surface area contributed by atoms with E-state index in [0.29, 0.717) is 22.1 Å². The van der Waals surface area contributed by atoms with Crippen molar-refractivity contribution < 1.29 is 14.6 Å². The number of hydrogen-bond acceptors (Lipinski definition) is 5. The second-order valence-electron chi connectivity index (χ2n) is 11.0. The number of aromatic amines is 1. The molecule has 2 N–H and O–H groups in total. The summed E-state index contributed by atoms with van der Waals surface area (Å²) in [5.74, 6) is 0.0873. The van der Waals surface area contributed by atoms with Crippen molar-refractivity contribution in [1.29, 1.82) is 0 Å². The number of aromatic nitrogens is 3. The molecule has 7 nitrogen and oxygen atoms in total. The lowest BCUT2D eigenvalue weighted by molar-refractivity contribution is -0.763. The summed E-state index contributed by atoms with van der Waals surface area (Å²) < 4.78 is 1.65. The normalized spacial score (nSPS) is 15.5. The van der Waals surface area contributed by atoms with Crippen molar-refractivity contribution in [2.45, 2.75) is 70.6 Å². The Kier molecular flexibility index (Phi) is 6.08. The number of hydrogen-bond donors (Lipinski definition) is 2. The molecule has 35 heavy (non-hydrogen) atoms. The SMILES string of the molecule is CSc1n[n+]2c(c(=O)[nH]1)-c1ccccc1N(C(C)=O)C2c1cc(C(C)(C)C)c(O)c(C(C)(C)C)c1. The summed E-state index contributed by atoms with van der Waals surface area (Å²) in [4.78, 5) is 31.0. The number of anilines is 1. The maximum atomic E-state index is 13.3. The second kappa shape index (κ2) is 8.52. The summed E-state index contributed by atoms with van der Waals surface area (Å²) in [6.45, 7) is 13.8. The maximum absolute atomic E-state index is 13.3. The Morgan fingerprint density at radius 1 is 1.09 bits per heavy atom. The third-order valence-electron chi connectivity index (χ3n) is 6.34. The number of carbonyl (C=O) groups is 1. The van der Waals surface area contributed by atoms with E-state index >= 15 is 0 Å². The molecule has 2 aromatic carbocycles. The minimum absolute atomic E-state index is 0.170. The van der Waals surface area contributed by atoms with Crippen LogP contribution in [-0.4, -0.2) is 27.4 Å². The van der Waals surface area contributed by atoms with Gasteiger partial charge in [-0.3, -0.25) is 14.6 Å². The van der Waals surface area contributed by atoms with Crippen LogP contribution in [0.4, 0.5) is 5.69 Å². The Bertz CT molecular complexity index is 1350. The number of amides is 1. The molecule has 184 valence electrons. The predicted octanol–water partition coefficient (Wildman–Crippen LogP) is 4.66. The van der Waals surface area contributed by atoms with Gasteiger partial charge in [0.1, 0.15) is 5.75 Å². The standard InChI is InChI=1S/C27H32N4O3S/c1-15(32)30-20-12-10-9-11-17(20)21-23(34)28-25(35-8)29-31(21)24(30)16-13-18(26(2,3)4)22(33)19(14-16)27(5,6)7/h9-14,24H,1-8H3,(H-,28,29,33,34)/p+1. The smallest absolute Gasteiger partial charge is 0.325 e. The number of nitrogens with zero attached hydrogens (tertiary/aromatic N) is 3. The van der Waals surface area contributed by atoms with Crippen molar-refractivity contribution >= 4 is 23.4 Å². The number of H-pyrrole nitrogens is 1. The van der Waals surface area contributed by atoms with Crippen LogP contribution in [-0.2, 0) is 15.6 Å². The molecule has 3 aromatic rings. The molecule has 0 saturated heterocycles. The summed E-state index contributed by atoms with van der Waals surface area (Å²) in [7, 11) is 0. The Morgan fingerprint density at radius 2 is 1.66 bits per heavy atom. The van der Waals surface area contributed by atoms with E-state index in [1.165, 1.54) is 18.7 Å². The molecule has 1 unspecified atom stereocenters. The number of para-hydroxylation sites is 1. The molecule has 0 saturated carbocycles. The van der Waals surface area contributed by atoms with Crippen molar-refractivity contribution in [3.05, 3.63) is 63.4 Å². The number of aromatic hydroxyl groups is 1. The van der Waals surface area contributed by atoms with Gasteiger partial charge in [-0.1, -0.05) is 65.4 Å². The van der Waals surface area contributed by atoms with Crippen LogP contribution in [0.25, 0.3) is 11.3 Å². The van der Waals surface area contributed by atoms with Crippen LogP contribution >= 0.6 is 11.8 Å². The van der Waals surface area contributed by atoms with E-state index in [2.05, 4.69) is 4.98 Å². The van der Waals surface area contributed by atoms with Gasteiger partial charge in [0.05, 0.1) is 11.3 Å². The first-order chi connectivity index (χ1) is 16.3. The zero-order chi connectivity index (χ0) is 25.9. The fourth-order valence-corrected chi connectivity index (χ4v) is 5.02. The minimum Gasteiger partial charge on any atom is -0.507 e. The van der Waals surface area contributed by atoms with Crippen LogP contribution in [0.3, 0.4) is 0 Å². The van der Waals surface area contributed by atoms with E-state index in [4.69, 9.17) is 5.10 Å². The third-order valence-corrected chi connectivity index (χ3v) is 6.91. The summed E-state index contributed by atoms with van der Waals surface area (Å²) >= 11 is 1.33. The number of thioether (sulfide) groups is 1. The third kappa shape index (κ3) is 4.24. The van der Waals surface area contributed by atoms with Gasteiger partial charge < -0.3 is 5.11 Å². The predicted molar refractivity (Wildman–Crippen MR) is 139 cm³/mol. The molecule has 4 rings (SSSR count). The highest BCUT2D eigenvalue weighted by Crippen LogP contribution is 2.43. The Balaban J connectivity index is 2.15. The zero-order valence-corrected chi connectivity index (χ0v) is 22.4. The number of fused-ring (bicyclic) bond motifs is 3. The molecule has 8 heteroatoms. The van der Waals surface area contributed by atoms with Gasteiger partial charge >= 0.3 is 11.3 Å². The first-order valence-electron chi connectivity index (χ1n) is 11.6. The van der Waals surface area contributed by atoms with E-state index in [-0.39, 0.29) is 28.0 Å². The van der Waals surface area contributed by atoms with Crippen molar-refractivity contribution in [3.8, 4) is 17.0 Å². The lowest BCUT2D eigenvalue weighted by Gasteiger charge is -2.33. The fourth-order valence-electron chi connectivity index (χ4n) is 4.65. The van der Waals surface area contributed by atoms with Crippen molar-refractivity contribution in [2.24, 2.45) is 0 Å². The molecule has 2 heterocycles. The van der Waals surface area contributed by atoms with Crippen LogP contribution in [0.2, 0.25) is 0 Å². The van der Waals surface area contributed by atoms with Crippen LogP contribution in [0.15, 0.2) is 46.3 Å². The second-order valence-corrected chi connectivity index (χ2v) is 11.8. The van der Waals surface area contributed by atoms with Crippen molar-refractivity contribution in [1.82, 2.24) is 10.1 Å². The van der Waals surface area contributed by atoms with E-state index in [0.717, 1.165) is 16.7 Å². The maximum Gasteiger partial charge on any atom is 0.325 e. The van der Waals surface area contributed by atoms with Gasteiger partial charge in [-0.05, 0) is 46.0 Å².